The van der Waals surface area contributed by atoms with E-state index in [4.69, 9.17) is 5.11 Å². The number of amides is 2. The molecular weight excluding hydrogens is 339 g/mol. The number of nitrogens with one attached hydrogen (secondary N) is 1. The Balaban J connectivity index is 2.14. The van der Waals surface area contributed by atoms with Crippen molar-refractivity contribution in [3.8, 4) is 0 Å². The van der Waals surface area contributed by atoms with Crippen LogP contribution in [0.2, 0.25) is 0 Å². The monoisotopic (exact) mass is 354 g/mol. The second kappa shape index (κ2) is 6.77. The van der Waals surface area contributed by atoms with Crippen LogP contribution in [0.15, 0.2) is 0 Å². The molecule has 1 saturated heterocycles. The molecule has 1 aliphatic heterocycles. The Kier molecular flexibility index (Phi) is 5.66. The average molecular weight is 354 g/mol. The highest BCUT2D eigenvalue weighted by atomic mass is 127. The normalized spacial score (nSPS) is 15.2. The molecule has 0 radical (unpaired) electrons. The van der Waals surface area contributed by atoms with E-state index in [1.54, 1.807) is 4.90 Å². The molecule has 1 heterocycles. The number of halogens is 1. The van der Waals surface area contributed by atoms with Gasteiger partial charge in [0, 0.05) is 30.4 Å². The highest BCUT2D eigenvalue weighted by Gasteiger charge is 2.30. The number of likely N-dealkylation sites (tertiary alicyclic amines) is 1. The van der Waals surface area contributed by atoms with E-state index in [1.807, 2.05) is 0 Å². The molecule has 0 unspecified atom stereocenters. The van der Waals surface area contributed by atoms with Crippen LogP contribution >= 0.6 is 22.6 Å². The van der Waals surface area contributed by atoms with Crippen LogP contribution in [0, 0.1) is 0 Å². The van der Waals surface area contributed by atoms with Crippen LogP contribution in [0.4, 0.5) is 0 Å². The van der Waals surface area contributed by atoms with E-state index < -0.39 is 5.97 Å². The summed E-state index contributed by atoms with van der Waals surface area (Å²) in [6, 6.07) is -0.0190. The molecule has 1 fully saturated rings. The Morgan fingerprint density at radius 2 is 1.88 bits per heavy atom. The standard InChI is InChI=1S/C10H15IN2O4/c11-4-3-9(15)13-5-7(6-13)12-8(14)1-2-10(16)17/h7H,1-6H2,(H,12,14)(H,16,17). The first-order valence-corrected chi connectivity index (χ1v) is 6.90. The summed E-state index contributed by atoms with van der Waals surface area (Å²) in [7, 11) is 0. The number of carbonyl (C=O) groups excluding carboxylic acids is 2. The number of rotatable bonds is 6. The van der Waals surface area contributed by atoms with Crippen molar-refractivity contribution in [2.75, 3.05) is 17.5 Å². The molecule has 7 heteroatoms. The third kappa shape index (κ3) is 4.88. The minimum atomic E-state index is -0.979. The maximum Gasteiger partial charge on any atom is 0.303 e. The molecule has 6 nitrogen and oxygen atoms in total. The number of carboxylic acid groups (broad SMARTS) is 1. The maximum atomic E-state index is 11.4. The van der Waals surface area contributed by atoms with Crippen LogP contribution in [-0.2, 0) is 14.4 Å². The number of carboxylic acids is 1. The van der Waals surface area contributed by atoms with Gasteiger partial charge in [0.15, 0.2) is 0 Å². The second-order valence-electron chi connectivity index (χ2n) is 3.90. The van der Waals surface area contributed by atoms with E-state index >= 15 is 0 Å². The fourth-order valence-electron chi connectivity index (χ4n) is 1.53. The molecule has 0 bridgehead atoms. The lowest BCUT2D eigenvalue weighted by molar-refractivity contribution is -0.139. The summed E-state index contributed by atoms with van der Waals surface area (Å²) in [5.41, 5.74) is 0. The van der Waals surface area contributed by atoms with Crippen LogP contribution in [-0.4, -0.2) is 51.3 Å². The van der Waals surface area contributed by atoms with Gasteiger partial charge in [0.1, 0.15) is 0 Å². The van der Waals surface area contributed by atoms with Crippen molar-refractivity contribution >= 4 is 40.4 Å². The van der Waals surface area contributed by atoms with Gasteiger partial charge >= 0.3 is 5.97 Å². The van der Waals surface area contributed by atoms with Crippen LogP contribution in [0.3, 0.4) is 0 Å². The topological polar surface area (TPSA) is 86.7 Å². The number of alkyl halides is 1. The van der Waals surface area contributed by atoms with Gasteiger partial charge in [-0.1, -0.05) is 22.6 Å². The van der Waals surface area contributed by atoms with Gasteiger partial charge < -0.3 is 15.3 Å². The molecule has 96 valence electrons. The summed E-state index contributed by atoms with van der Waals surface area (Å²) in [4.78, 5) is 34.6. The van der Waals surface area contributed by atoms with Gasteiger partial charge in [-0.15, -0.1) is 0 Å². The molecule has 1 rings (SSSR count). The summed E-state index contributed by atoms with van der Waals surface area (Å²) < 4.78 is 0.794. The lowest BCUT2D eigenvalue weighted by Crippen LogP contribution is -2.61. The van der Waals surface area contributed by atoms with E-state index in [9.17, 15) is 14.4 Å². The molecule has 2 N–H and O–H groups in total. The average Bonchev–Trinajstić information content (AvgIpc) is 2.20. The van der Waals surface area contributed by atoms with Crippen molar-refractivity contribution in [3.05, 3.63) is 0 Å². The summed E-state index contributed by atoms with van der Waals surface area (Å²) in [6.07, 6.45) is 0.365. The lowest BCUT2D eigenvalue weighted by atomic mass is 10.1. The van der Waals surface area contributed by atoms with Gasteiger partial charge in [-0.05, 0) is 0 Å². The number of hydrogen-bond acceptors (Lipinski definition) is 3. The van der Waals surface area contributed by atoms with Gasteiger partial charge in [-0.2, -0.15) is 0 Å². The van der Waals surface area contributed by atoms with Crippen LogP contribution < -0.4 is 5.32 Å². The summed E-state index contributed by atoms with van der Waals surface area (Å²) >= 11 is 2.15. The van der Waals surface area contributed by atoms with Gasteiger partial charge in [-0.25, -0.2) is 0 Å². The Morgan fingerprint density at radius 3 is 2.41 bits per heavy atom. The predicted molar refractivity (Wildman–Crippen MR) is 68.9 cm³/mol. The van der Waals surface area contributed by atoms with Gasteiger partial charge in [0.25, 0.3) is 0 Å². The first-order valence-electron chi connectivity index (χ1n) is 5.38. The fourth-order valence-corrected chi connectivity index (χ4v) is 1.99. The molecule has 2 amide bonds. The van der Waals surface area contributed by atoms with Gasteiger partial charge in [-0.3, -0.25) is 14.4 Å². The zero-order chi connectivity index (χ0) is 12.8. The van der Waals surface area contributed by atoms with Crippen molar-refractivity contribution in [2.24, 2.45) is 0 Å². The Hall–Kier alpha value is -0.860. The van der Waals surface area contributed by atoms with E-state index in [1.165, 1.54) is 0 Å². The zero-order valence-electron chi connectivity index (χ0n) is 9.32. The van der Waals surface area contributed by atoms with E-state index in [2.05, 4.69) is 27.9 Å². The van der Waals surface area contributed by atoms with E-state index in [0.29, 0.717) is 19.5 Å². The van der Waals surface area contributed by atoms with Crippen LogP contribution in [0.5, 0.6) is 0 Å². The summed E-state index contributed by atoms with van der Waals surface area (Å²) in [5.74, 6) is -1.14. The molecule has 0 saturated carbocycles. The first kappa shape index (κ1) is 14.2. The first-order chi connectivity index (χ1) is 8.02. The van der Waals surface area contributed by atoms with Gasteiger partial charge in [0.05, 0.1) is 12.5 Å². The van der Waals surface area contributed by atoms with Crippen molar-refractivity contribution in [1.29, 1.82) is 0 Å². The highest BCUT2D eigenvalue weighted by Crippen LogP contribution is 2.10. The molecular formula is C10H15IN2O4. The summed E-state index contributed by atoms with van der Waals surface area (Å²) in [5, 5.41) is 11.1. The molecule has 1 aliphatic rings. The van der Waals surface area contributed by atoms with E-state index in [-0.39, 0.29) is 30.7 Å². The zero-order valence-corrected chi connectivity index (χ0v) is 11.5. The smallest absolute Gasteiger partial charge is 0.303 e. The SMILES string of the molecule is O=C(O)CCC(=O)NC1CN(C(=O)CCI)C1. The molecule has 0 aromatic carbocycles. The number of aliphatic carboxylic acids is 1. The molecule has 0 aromatic heterocycles. The Labute approximate surface area is 113 Å². The number of nitrogens with zero attached hydrogens (tertiary/aromatic N) is 1. The Morgan fingerprint density at radius 1 is 1.24 bits per heavy atom. The fraction of sp³-hybridized carbons (Fsp3) is 0.700. The molecule has 0 aromatic rings. The maximum absolute atomic E-state index is 11.4. The van der Waals surface area contributed by atoms with E-state index in [0.717, 1.165) is 4.43 Å². The quantitative estimate of drug-likeness (QED) is 0.520. The third-order valence-electron chi connectivity index (χ3n) is 2.47. The molecule has 0 aliphatic carbocycles. The van der Waals surface area contributed by atoms with Crippen LogP contribution in [0.25, 0.3) is 0 Å². The van der Waals surface area contributed by atoms with Crippen molar-refractivity contribution in [2.45, 2.75) is 25.3 Å². The predicted octanol–water partition coefficient (Wildman–Crippen LogP) is 0.00330. The highest BCUT2D eigenvalue weighted by molar-refractivity contribution is 14.1. The number of carbonyl (C=O) groups is 3. The van der Waals surface area contributed by atoms with Crippen molar-refractivity contribution in [3.63, 3.8) is 0 Å². The van der Waals surface area contributed by atoms with Crippen molar-refractivity contribution < 1.29 is 19.5 Å². The van der Waals surface area contributed by atoms with Gasteiger partial charge in [0.2, 0.25) is 11.8 Å². The minimum absolute atomic E-state index is 0.00642. The minimum Gasteiger partial charge on any atom is -0.481 e. The number of hydrogen-bond donors (Lipinski definition) is 2. The largest absolute Gasteiger partial charge is 0.481 e. The third-order valence-corrected chi connectivity index (χ3v) is 3.01. The molecule has 0 atom stereocenters. The van der Waals surface area contributed by atoms with Crippen LogP contribution in [0.1, 0.15) is 19.3 Å². The Bertz CT molecular complexity index is 315. The molecule has 0 spiro atoms. The van der Waals surface area contributed by atoms with Crippen molar-refractivity contribution in [1.82, 2.24) is 10.2 Å². The molecule has 17 heavy (non-hydrogen) atoms. The lowest BCUT2D eigenvalue weighted by Gasteiger charge is -2.39. The summed E-state index contributed by atoms with van der Waals surface area (Å²) in [6.45, 7) is 1.07. The second-order valence-corrected chi connectivity index (χ2v) is 4.97.